The van der Waals surface area contributed by atoms with E-state index in [9.17, 15) is 0 Å². The normalized spacial score (nSPS) is 11.1. The van der Waals surface area contributed by atoms with E-state index in [0.29, 0.717) is 0 Å². The van der Waals surface area contributed by atoms with Crippen LogP contribution < -0.4 is 5.73 Å². The highest BCUT2D eigenvalue weighted by Gasteiger charge is 2.04. The van der Waals surface area contributed by atoms with Gasteiger partial charge in [0, 0.05) is 31.2 Å². The lowest BCUT2D eigenvalue weighted by Crippen LogP contribution is -2.10. The van der Waals surface area contributed by atoms with Gasteiger partial charge in [0.15, 0.2) is 0 Å². The van der Waals surface area contributed by atoms with Crippen LogP contribution in [0.3, 0.4) is 0 Å². The van der Waals surface area contributed by atoms with Crippen molar-refractivity contribution in [2.24, 2.45) is 5.73 Å². The van der Waals surface area contributed by atoms with Crippen molar-refractivity contribution >= 4 is 5.70 Å². The quantitative estimate of drug-likeness (QED) is 0.787. The molecule has 1 aromatic heterocycles. The molecule has 0 bridgehead atoms. The van der Waals surface area contributed by atoms with E-state index < -0.39 is 0 Å². The van der Waals surface area contributed by atoms with Gasteiger partial charge in [0.05, 0.1) is 5.70 Å². The second-order valence-corrected chi connectivity index (χ2v) is 3.10. The predicted octanol–water partition coefficient (Wildman–Crippen LogP) is 1.72. The standard InChI is InChI=1S/C11H15N3/c1-4-14(3)11(6-12)10-5-9(2)7-13-8-10/h4-8H,1,12H2,2-3H3/b11-6-. The minimum Gasteiger partial charge on any atom is -0.403 e. The third kappa shape index (κ3) is 2.13. The van der Waals surface area contributed by atoms with E-state index in [-0.39, 0.29) is 0 Å². The topological polar surface area (TPSA) is 42.1 Å². The van der Waals surface area contributed by atoms with E-state index in [4.69, 9.17) is 5.73 Å². The SMILES string of the molecule is C=CN(C)/C(=C\N)c1cncc(C)c1. The molecule has 1 aromatic rings. The fraction of sp³-hybridized carbons (Fsp3) is 0.182. The number of nitrogens with zero attached hydrogens (tertiary/aromatic N) is 2. The van der Waals surface area contributed by atoms with Crippen LogP contribution in [-0.4, -0.2) is 16.9 Å². The maximum absolute atomic E-state index is 5.55. The van der Waals surface area contributed by atoms with Crippen molar-refractivity contribution in [2.45, 2.75) is 6.92 Å². The first kappa shape index (κ1) is 10.3. The summed E-state index contributed by atoms with van der Waals surface area (Å²) in [6.45, 7) is 5.69. The predicted molar refractivity (Wildman–Crippen MR) is 59.1 cm³/mol. The molecule has 0 spiro atoms. The molecule has 0 saturated heterocycles. The molecule has 0 fully saturated rings. The smallest absolute Gasteiger partial charge is 0.0650 e. The average molecular weight is 189 g/mol. The summed E-state index contributed by atoms with van der Waals surface area (Å²) in [5.74, 6) is 0. The number of aromatic nitrogens is 1. The number of hydrogen-bond acceptors (Lipinski definition) is 3. The second-order valence-electron chi connectivity index (χ2n) is 3.10. The molecule has 0 unspecified atom stereocenters. The maximum Gasteiger partial charge on any atom is 0.0650 e. The highest BCUT2D eigenvalue weighted by Crippen LogP contribution is 2.16. The van der Waals surface area contributed by atoms with E-state index in [1.54, 1.807) is 18.6 Å². The number of rotatable bonds is 3. The molecule has 74 valence electrons. The van der Waals surface area contributed by atoms with Crippen LogP contribution in [0.2, 0.25) is 0 Å². The summed E-state index contributed by atoms with van der Waals surface area (Å²) < 4.78 is 0. The highest BCUT2D eigenvalue weighted by atomic mass is 15.1. The van der Waals surface area contributed by atoms with Crippen molar-refractivity contribution in [1.82, 2.24) is 9.88 Å². The molecule has 1 rings (SSSR count). The number of pyridine rings is 1. The molecule has 0 aliphatic rings. The van der Waals surface area contributed by atoms with Crippen LogP contribution in [0.5, 0.6) is 0 Å². The van der Waals surface area contributed by atoms with Gasteiger partial charge < -0.3 is 10.6 Å². The molecule has 1 heterocycles. The zero-order chi connectivity index (χ0) is 10.6. The third-order valence-electron chi connectivity index (χ3n) is 1.98. The lowest BCUT2D eigenvalue weighted by Gasteiger charge is -2.17. The average Bonchev–Trinajstić information content (AvgIpc) is 2.19. The van der Waals surface area contributed by atoms with Crippen LogP contribution in [0.25, 0.3) is 5.70 Å². The largest absolute Gasteiger partial charge is 0.403 e. The van der Waals surface area contributed by atoms with Crippen LogP contribution in [0.1, 0.15) is 11.1 Å². The zero-order valence-electron chi connectivity index (χ0n) is 8.57. The van der Waals surface area contributed by atoms with E-state index in [0.717, 1.165) is 16.8 Å². The molecule has 3 nitrogen and oxygen atoms in total. The van der Waals surface area contributed by atoms with E-state index in [1.165, 1.54) is 0 Å². The molecular formula is C11H15N3. The third-order valence-corrected chi connectivity index (χ3v) is 1.98. The van der Waals surface area contributed by atoms with Gasteiger partial charge in [0.25, 0.3) is 0 Å². The minimum absolute atomic E-state index is 0.899. The Balaban J connectivity index is 3.08. The van der Waals surface area contributed by atoms with Gasteiger partial charge in [-0.3, -0.25) is 4.98 Å². The summed E-state index contributed by atoms with van der Waals surface area (Å²) in [4.78, 5) is 5.97. The van der Waals surface area contributed by atoms with Gasteiger partial charge in [0.1, 0.15) is 0 Å². The first-order chi connectivity index (χ1) is 6.69. The van der Waals surface area contributed by atoms with Gasteiger partial charge in [0.2, 0.25) is 0 Å². The van der Waals surface area contributed by atoms with E-state index in [2.05, 4.69) is 11.6 Å². The lowest BCUT2D eigenvalue weighted by atomic mass is 10.1. The van der Waals surface area contributed by atoms with Gasteiger partial charge in [-0.25, -0.2) is 0 Å². The molecule has 0 aliphatic heterocycles. The summed E-state index contributed by atoms with van der Waals surface area (Å²) in [5.41, 5.74) is 8.56. The molecule has 0 aliphatic carbocycles. The summed E-state index contributed by atoms with van der Waals surface area (Å²) >= 11 is 0. The first-order valence-corrected chi connectivity index (χ1v) is 4.38. The molecule has 0 atom stereocenters. The Morgan fingerprint density at radius 1 is 1.57 bits per heavy atom. The lowest BCUT2D eigenvalue weighted by molar-refractivity contribution is 0.655. The molecule has 3 heteroatoms. The van der Waals surface area contributed by atoms with Crippen molar-refractivity contribution < 1.29 is 0 Å². The van der Waals surface area contributed by atoms with Crippen LogP contribution in [0.15, 0.2) is 37.4 Å². The summed E-state index contributed by atoms with van der Waals surface area (Å²) in [5, 5.41) is 0. The Morgan fingerprint density at radius 2 is 2.29 bits per heavy atom. The monoisotopic (exact) mass is 189 g/mol. The number of hydrogen-bond donors (Lipinski definition) is 1. The molecule has 0 amide bonds. The van der Waals surface area contributed by atoms with E-state index >= 15 is 0 Å². The minimum atomic E-state index is 0.899. The van der Waals surface area contributed by atoms with Crippen LogP contribution in [0.4, 0.5) is 0 Å². The van der Waals surface area contributed by atoms with Crippen LogP contribution >= 0.6 is 0 Å². The van der Waals surface area contributed by atoms with Crippen LogP contribution in [0, 0.1) is 6.92 Å². The molecule has 2 N–H and O–H groups in total. The molecule has 0 aromatic carbocycles. The van der Waals surface area contributed by atoms with Crippen molar-refractivity contribution in [1.29, 1.82) is 0 Å². The highest BCUT2D eigenvalue weighted by molar-refractivity contribution is 5.63. The Morgan fingerprint density at radius 3 is 2.79 bits per heavy atom. The second kappa shape index (κ2) is 4.46. The fourth-order valence-corrected chi connectivity index (χ4v) is 1.21. The summed E-state index contributed by atoms with van der Waals surface area (Å²) in [6.07, 6.45) is 6.86. The van der Waals surface area contributed by atoms with Crippen molar-refractivity contribution in [3.8, 4) is 0 Å². The van der Waals surface area contributed by atoms with Gasteiger partial charge >= 0.3 is 0 Å². The molecular weight excluding hydrogens is 174 g/mol. The Labute approximate surface area is 84.6 Å². The molecule has 0 saturated carbocycles. The maximum atomic E-state index is 5.55. The van der Waals surface area contributed by atoms with Gasteiger partial charge in [-0.2, -0.15) is 0 Å². The van der Waals surface area contributed by atoms with Crippen molar-refractivity contribution in [2.75, 3.05) is 7.05 Å². The van der Waals surface area contributed by atoms with Gasteiger partial charge in [-0.05, 0) is 24.8 Å². The van der Waals surface area contributed by atoms with E-state index in [1.807, 2.05) is 31.1 Å². The molecule has 14 heavy (non-hydrogen) atoms. The Kier molecular flexibility index (Phi) is 3.29. The fourth-order valence-electron chi connectivity index (χ4n) is 1.21. The summed E-state index contributed by atoms with van der Waals surface area (Å²) in [6, 6.07) is 2.03. The number of nitrogens with two attached hydrogens (primary N) is 1. The van der Waals surface area contributed by atoms with Crippen molar-refractivity contribution in [3.05, 3.63) is 48.6 Å². The zero-order valence-corrected chi connectivity index (χ0v) is 8.57. The molecule has 0 radical (unpaired) electrons. The van der Waals surface area contributed by atoms with Gasteiger partial charge in [-0.15, -0.1) is 0 Å². The van der Waals surface area contributed by atoms with Gasteiger partial charge in [-0.1, -0.05) is 6.58 Å². The number of aryl methyl sites for hydroxylation is 1. The summed E-state index contributed by atoms with van der Waals surface area (Å²) in [7, 11) is 1.90. The Bertz CT molecular complexity index is 355. The van der Waals surface area contributed by atoms with Crippen molar-refractivity contribution in [3.63, 3.8) is 0 Å². The Hall–Kier alpha value is -1.77. The first-order valence-electron chi connectivity index (χ1n) is 4.38. The van der Waals surface area contributed by atoms with Crippen LogP contribution in [-0.2, 0) is 0 Å².